The summed E-state index contributed by atoms with van der Waals surface area (Å²) in [4.78, 5) is 26.0. The summed E-state index contributed by atoms with van der Waals surface area (Å²) in [6, 6.07) is 5.44. The normalized spacial score (nSPS) is 15.4. The van der Waals surface area contributed by atoms with Gasteiger partial charge in [0.2, 0.25) is 0 Å². The summed E-state index contributed by atoms with van der Waals surface area (Å²) in [5, 5.41) is 0. The largest absolute Gasteiger partial charge is 0.465 e. The van der Waals surface area contributed by atoms with E-state index in [-0.39, 0.29) is 24.0 Å². The Hall–Kier alpha value is -2.30. The van der Waals surface area contributed by atoms with Gasteiger partial charge in [-0.15, -0.1) is 0 Å². The van der Waals surface area contributed by atoms with Crippen LogP contribution in [0, 0.1) is 0 Å². The number of hydrogen-bond donors (Lipinski definition) is 0. The molecule has 1 aromatic rings. The molecule has 1 aliphatic rings. The van der Waals surface area contributed by atoms with Crippen LogP contribution in [0.3, 0.4) is 0 Å². The van der Waals surface area contributed by atoms with E-state index in [2.05, 4.69) is 19.9 Å². The van der Waals surface area contributed by atoms with Gasteiger partial charge < -0.3 is 14.4 Å². The lowest BCUT2D eigenvalue weighted by atomic mass is 9.88. The molecule has 1 heterocycles. The zero-order chi connectivity index (χ0) is 17.9. The Morgan fingerprint density at radius 1 is 1.12 bits per heavy atom. The molecule has 0 amide bonds. The molecule has 24 heavy (non-hydrogen) atoms. The van der Waals surface area contributed by atoms with Gasteiger partial charge in [-0.25, -0.2) is 4.79 Å². The maximum atomic E-state index is 12.0. The molecule has 130 valence electrons. The Morgan fingerprint density at radius 2 is 1.79 bits per heavy atom. The summed E-state index contributed by atoms with van der Waals surface area (Å²) >= 11 is 0. The van der Waals surface area contributed by atoms with Gasteiger partial charge in [0.1, 0.15) is 6.54 Å². The predicted molar refractivity (Wildman–Crippen MR) is 94.1 cm³/mol. The van der Waals surface area contributed by atoms with E-state index in [0.29, 0.717) is 18.8 Å². The van der Waals surface area contributed by atoms with Crippen LogP contribution >= 0.6 is 0 Å². The second-order valence-corrected chi connectivity index (χ2v) is 6.32. The average Bonchev–Trinajstić information content (AvgIpc) is 2.51. The standard InChI is InChI=1S/C19H25NO4/c1-6-23-17(21)12-20-16-9-8-14(18(22)24-7-2)10-15(16)13(3)11-19(20,4)5/h8-11H,6-7,12H2,1-5H3. The smallest absolute Gasteiger partial charge is 0.338 e. The molecule has 0 fully saturated rings. The number of allylic oxidation sites excluding steroid dienone is 1. The van der Waals surface area contributed by atoms with E-state index < -0.39 is 0 Å². The molecule has 2 rings (SSSR count). The molecule has 5 heteroatoms. The van der Waals surface area contributed by atoms with Gasteiger partial charge in [0.05, 0.1) is 24.3 Å². The van der Waals surface area contributed by atoms with Crippen molar-refractivity contribution in [3.8, 4) is 0 Å². The van der Waals surface area contributed by atoms with Crippen LogP contribution in [0.25, 0.3) is 5.57 Å². The van der Waals surface area contributed by atoms with E-state index in [4.69, 9.17) is 9.47 Å². The lowest BCUT2D eigenvalue weighted by Crippen LogP contribution is -2.48. The van der Waals surface area contributed by atoms with Crippen molar-refractivity contribution < 1.29 is 19.1 Å². The first-order valence-electron chi connectivity index (χ1n) is 8.24. The fourth-order valence-corrected chi connectivity index (χ4v) is 3.05. The highest BCUT2D eigenvalue weighted by Crippen LogP contribution is 2.39. The number of anilines is 1. The Morgan fingerprint density at radius 3 is 2.42 bits per heavy atom. The number of benzene rings is 1. The zero-order valence-corrected chi connectivity index (χ0v) is 15.0. The highest BCUT2D eigenvalue weighted by molar-refractivity contribution is 5.94. The third-order valence-corrected chi connectivity index (χ3v) is 4.08. The quantitative estimate of drug-likeness (QED) is 0.774. The van der Waals surface area contributed by atoms with Crippen LogP contribution in [0.15, 0.2) is 24.3 Å². The fourth-order valence-electron chi connectivity index (χ4n) is 3.05. The van der Waals surface area contributed by atoms with Gasteiger partial charge >= 0.3 is 11.9 Å². The Balaban J connectivity index is 2.43. The summed E-state index contributed by atoms with van der Waals surface area (Å²) in [6.45, 7) is 10.6. The van der Waals surface area contributed by atoms with Crippen molar-refractivity contribution in [1.29, 1.82) is 0 Å². The van der Waals surface area contributed by atoms with E-state index in [0.717, 1.165) is 16.8 Å². The van der Waals surface area contributed by atoms with Crippen molar-refractivity contribution in [1.82, 2.24) is 0 Å². The fraction of sp³-hybridized carbons (Fsp3) is 0.474. The van der Waals surface area contributed by atoms with E-state index in [1.54, 1.807) is 19.9 Å². The molecule has 0 aliphatic carbocycles. The molecule has 0 aromatic heterocycles. The van der Waals surface area contributed by atoms with Gasteiger partial charge in [0.25, 0.3) is 0 Å². The number of carbonyl (C=O) groups is 2. The predicted octanol–water partition coefficient (Wildman–Crippen LogP) is 3.43. The monoisotopic (exact) mass is 331 g/mol. The molecular weight excluding hydrogens is 306 g/mol. The lowest BCUT2D eigenvalue weighted by Gasteiger charge is -2.42. The third kappa shape index (κ3) is 3.61. The number of fused-ring (bicyclic) bond motifs is 1. The van der Waals surface area contributed by atoms with E-state index in [1.807, 2.05) is 24.0 Å². The molecule has 1 aliphatic heterocycles. The minimum Gasteiger partial charge on any atom is -0.465 e. The highest BCUT2D eigenvalue weighted by atomic mass is 16.5. The van der Waals surface area contributed by atoms with E-state index >= 15 is 0 Å². The van der Waals surface area contributed by atoms with Crippen molar-refractivity contribution in [2.45, 2.75) is 40.2 Å². The van der Waals surface area contributed by atoms with E-state index in [9.17, 15) is 9.59 Å². The van der Waals surface area contributed by atoms with Crippen LogP contribution < -0.4 is 4.90 Å². The molecule has 0 spiro atoms. The number of rotatable bonds is 5. The van der Waals surface area contributed by atoms with Crippen LogP contribution in [0.5, 0.6) is 0 Å². The van der Waals surface area contributed by atoms with Gasteiger partial charge in [0.15, 0.2) is 0 Å². The van der Waals surface area contributed by atoms with Gasteiger partial charge in [-0.1, -0.05) is 6.08 Å². The minimum absolute atomic E-state index is 0.163. The Labute approximate surface area is 143 Å². The summed E-state index contributed by atoms with van der Waals surface area (Å²) < 4.78 is 10.2. The summed E-state index contributed by atoms with van der Waals surface area (Å²) in [7, 11) is 0. The molecule has 0 saturated carbocycles. The number of ether oxygens (including phenoxy) is 2. The maximum Gasteiger partial charge on any atom is 0.338 e. The molecule has 5 nitrogen and oxygen atoms in total. The lowest BCUT2D eigenvalue weighted by molar-refractivity contribution is -0.141. The van der Waals surface area contributed by atoms with Crippen molar-refractivity contribution in [3.63, 3.8) is 0 Å². The van der Waals surface area contributed by atoms with Crippen LogP contribution in [-0.2, 0) is 14.3 Å². The first-order valence-corrected chi connectivity index (χ1v) is 8.24. The topological polar surface area (TPSA) is 55.8 Å². The Kier molecular flexibility index (Phi) is 5.32. The molecule has 0 atom stereocenters. The molecule has 0 radical (unpaired) electrons. The third-order valence-electron chi connectivity index (χ3n) is 4.08. The maximum absolute atomic E-state index is 12.0. The number of nitrogens with zero attached hydrogens (tertiary/aromatic N) is 1. The summed E-state index contributed by atoms with van der Waals surface area (Å²) in [5.74, 6) is -0.603. The van der Waals surface area contributed by atoms with E-state index in [1.165, 1.54) is 0 Å². The zero-order valence-electron chi connectivity index (χ0n) is 15.0. The number of esters is 2. The second kappa shape index (κ2) is 7.07. The highest BCUT2D eigenvalue weighted by Gasteiger charge is 2.33. The SMILES string of the molecule is CCOC(=O)CN1c2ccc(C(=O)OCC)cc2C(C)=CC1(C)C. The number of hydrogen-bond acceptors (Lipinski definition) is 5. The van der Waals surface area contributed by atoms with Gasteiger partial charge in [-0.3, -0.25) is 4.79 Å². The first kappa shape index (κ1) is 18.0. The van der Waals surface area contributed by atoms with Crippen LogP contribution in [-0.4, -0.2) is 37.2 Å². The van der Waals surface area contributed by atoms with Crippen molar-refractivity contribution >= 4 is 23.2 Å². The summed E-state index contributed by atoms with van der Waals surface area (Å²) in [5.41, 5.74) is 3.11. The summed E-state index contributed by atoms with van der Waals surface area (Å²) in [6.07, 6.45) is 2.10. The van der Waals surface area contributed by atoms with Crippen LogP contribution in [0.1, 0.15) is 50.5 Å². The van der Waals surface area contributed by atoms with Crippen molar-refractivity contribution in [2.75, 3.05) is 24.7 Å². The molecule has 0 bridgehead atoms. The molecule has 0 saturated heterocycles. The average molecular weight is 331 g/mol. The first-order chi connectivity index (χ1) is 11.3. The van der Waals surface area contributed by atoms with Crippen molar-refractivity contribution in [2.24, 2.45) is 0 Å². The molecule has 1 aromatic carbocycles. The minimum atomic E-state index is -0.338. The van der Waals surface area contributed by atoms with Gasteiger partial charge in [-0.2, -0.15) is 0 Å². The molecular formula is C19H25NO4. The molecule has 0 N–H and O–H groups in total. The number of carbonyl (C=O) groups excluding carboxylic acids is 2. The van der Waals surface area contributed by atoms with Crippen LogP contribution in [0.2, 0.25) is 0 Å². The van der Waals surface area contributed by atoms with Crippen molar-refractivity contribution in [3.05, 3.63) is 35.4 Å². The Bertz CT molecular complexity index is 676. The van der Waals surface area contributed by atoms with Gasteiger partial charge in [-0.05, 0) is 58.4 Å². The molecule has 0 unspecified atom stereocenters. The second-order valence-electron chi connectivity index (χ2n) is 6.32. The van der Waals surface area contributed by atoms with Crippen LogP contribution in [0.4, 0.5) is 5.69 Å². The van der Waals surface area contributed by atoms with Gasteiger partial charge in [0, 0.05) is 11.3 Å².